The molecule has 0 bridgehead atoms. The molecule has 0 radical (unpaired) electrons. The Labute approximate surface area is 113 Å². The van der Waals surface area contributed by atoms with E-state index in [1.165, 1.54) is 4.72 Å². The van der Waals surface area contributed by atoms with Crippen molar-refractivity contribution in [1.29, 1.82) is 0 Å². The molecule has 0 amide bonds. The van der Waals surface area contributed by atoms with Gasteiger partial charge in [-0.1, -0.05) is 0 Å². The number of aliphatic hydroxyl groups excluding tert-OH is 3. The van der Waals surface area contributed by atoms with E-state index in [0.29, 0.717) is 0 Å². The maximum absolute atomic E-state index is 10.6. The Bertz CT molecular complexity index is 527. The fraction of sp³-hybridized carbons (Fsp3) is 1.00. The van der Waals surface area contributed by atoms with Gasteiger partial charge in [0.1, 0.15) is 24.4 Å². The largest absolute Gasteiger partial charge is 0.397 e. The van der Waals surface area contributed by atoms with Crippen molar-refractivity contribution < 1.29 is 50.2 Å². The zero-order chi connectivity index (χ0) is 15.7. The van der Waals surface area contributed by atoms with Gasteiger partial charge < -0.3 is 20.1 Å². The van der Waals surface area contributed by atoms with Crippen LogP contribution in [0.15, 0.2) is 0 Å². The van der Waals surface area contributed by atoms with Crippen LogP contribution < -0.4 is 4.72 Å². The summed E-state index contributed by atoms with van der Waals surface area (Å²) in [4.78, 5) is 0. The molecule has 1 aliphatic rings. The van der Waals surface area contributed by atoms with Gasteiger partial charge in [-0.15, -0.1) is 0 Å². The lowest BCUT2D eigenvalue weighted by Crippen LogP contribution is -2.64. The normalized spacial score (nSPS) is 36.0. The molecule has 12 nitrogen and oxygen atoms in total. The SMILES string of the molecule is O=S(=O)(O)NC1C(O)OC(COS(=O)(=O)O)[C@H](O)[C@@H]1O. The highest BCUT2D eigenvalue weighted by Gasteiger charge is 2.45. The zero-order valence-electron chi connectivity index (χ0n) is 9.60. The van der Waals surface area contributed by atoms with E-state index in [1.807, 2.05) is 0 Å². The lowest BCUT2D eigenvalue weighted by atomic mass is 9.98. The highest BCUT2D eigenvalue weighted by Crippen LogP contribution is 2.21. The Morgan fingerprint density at radius 2 is 1.60 bits per heavy atom. The van der Waals surface area contributed by atoms with E-state index in [1.54, 1.807) is 0 Å². The number of hydrogen-bond donors (Lipinski definition) is 6. The summed E-state index contributed by atoms with van der Waals surface area (Å²) < 4.78 is 68.7. The van der Waals surface area contributed by atoms with Crippen molar-refractivity contribution >= 4 is 20.7 Å². The minimum atomic E-state index is -4.83. The maximum Gasteiger partial charge on any atom is 0.397 e. The number of nitrogens with one attached hydrogen (secondary N) is 1. The van der Waals surface area contributed by atoms with Gasteiger partial charge in [0.05, 0.1) is 6.61 Å². The average molecular weight is 339 g/mol. The molecule has 0 aromatic heterocycles. The van der Waals surface area contributed by atoms with Crippen LogP contribution in [0.5, 0.6) is 0 Å². The second-order valence-corrected chi connectivity index (χ2v) is 6.15. The molecule has 5 atom stereocenters. The van der Waals surface area contributed by atoms with Gasteiger partial charge in [0.25, 0.3) is 0 Å². The van der Waals surface area contributed by atoms with Gasteiger partial charge >= 0.3 is 20.7 Å². The Hall–Kier alpha value is -0.420. The van der Waals surface area contributed by atoms with Crippen molar-refractivity contribution in [1.82, 2.24) is 4.72 Å². The molecule has 1 rings (SSSR count). The third-order valence-electron chi connectivity index (χ3n) is 2.39. The molecule has 20 heavy (non-hydrogen) atoms. The monoisotopic (exact) mass is 339 g/mol. The summed E-state index contributed by atoms with van der Waals surface area (Å²) in [5.41, 5.74) is 0. The van der Waals surface area contributed by atoms with Gasteiger partial charge in [0.2, 0.25) is 0 Å². The lowest BCUT2D eigenvalue weighted by Gasteiger charge is -2.39. The second-order valence-electron chi connectivity index (χ2n) is 3.88. The smallest absolute Gasteiger partial charge is 0.388 e. The van der Waals surface area contributed by atoms with Gasteiger partial charge in [0, 0.05) is 0 Å². The fourth-order valence-corrected chi connectivity index (χ4v) is 2.44. The third-order valence-corrected chi connectivity index (χ3v) is 3.39. The molecule has 0 spiro atoms. The maximum atomic E-state index is 10.6. The van der Waals surface area contributed by atoms with Crippen LogP contribution in [-0.2, 0) is 29.6 Å². The molecule has 0 aromatic rings. The van der Waals surface area contributed by atoms with Crippen LogP contribution in [0.25, 0.3) is 0 Å². The molecule has 1 aliphatic heterocycles. The topological polar surface area (TPSA) is 200 Å². The summed E-state index contributed by atoms with van der Waals surface area (Å²) >= 11 is 0. The summed E-state index contributed by atoms with van der Waals surface area (Å²) in [6, 6.07) is -1.79. The highest BCUT2D eigenvalue weighted by atomic mass is 32.3. The molecule has 6 N–H and O–H groups in total. The van der Waals surface area contributed by atoms with Gasteiger partial charge in [-0.3, -0.25) is 9.11 Å². The first-order chi connectivity index (χ1) is 8.91. The average Bonchev–Trinajstić information content (AvgIpc) is 2.25. The third kappa shape index (κ3) is 5.17. The van der Waals surface area contributed by atoms with E-state index >= 15 is 0 Å². The minimum absolute atomic E-state index is 0.938. The highest BCUT2D eigenvalue weighted by molar-refractivity contribution is 7.83. The summed E-state index contributed by atoms with van der Waals surface area (Å²) in [7, 11) is -9.62. The molecule has 0 saturated carbocycles. The number of hydrogen-bond acceptors (Lipinski definition) is 9. The Kier molecular flexibility index (Phi) is 5.41. The van der Waals surface area contributed by atoms with Crippen LogP contribution in [0, 0.1) is 0 Å². The lowest BCUT2D eigenvalue weighted by molar-refractivity contribution is -0.250. The molecular formula is C6H13NO11S2. The first-order valence-corrected chi connectivity index (χ1v) is 7.77. The zero-order valence-corrected chi connectivity index (χ0v) is 11.2. The van der Waals surface area contributed by atoms with Crippen LogP contribution >= 0.6 is 0 Å². The van der Waals surface area contributed by atoms with Crippen LogP contribution in [-0.4, -0.2) is 78.5 Å². The Morgan fingerprint density at radius 1 is 1.05 bits per heavy atom. The first-order valence-electron chi connectivity index (χ1n) is 4.97. The molecular weight excluding hydrogens is 326 g/mol. The van der Waals surface area contributed by atoms with Crippen molar-refractivity contribution in [3.8, 4) is 0 Å². The molecule has 1 fully saturated rings. The van der Waals surface area contributed by atoms with Crippen LogP contribution in [0.2, 0.25) is 0 Å². The van der Waals surface area contributed by atoms with Crippen LogP contribution in [0.1, 0.15) is 0 Å². The molecule has 120 valence electrons. The minimum Gasteiger partial charge on any atom is -0.388 e. The summed E-state index contributed by atoms with van der Waals surface area (Å²) in [6.45, 7) is -0.938. The van der Waals surface area contributed by atoms with Crippen molar-refractivity contribution in [2.45, 2.75) is 30.6 Å². The molecule has 1 saturated heterocycles. The molecule has 1 heterocycles. The molecule has 3 unspecified atom stereocenters. The molecule has 0 aliphatic carbocycles. The van der Waals surface area contributed by atoms with E-state index in [9.17, 15) is 32.2 Å². The molecule has 0 aromatic carbocycles. The number of aliphatic hydroxyl groups is 3. The first kappa shape index (κ1) is 17.6. The van der Waals surface area contributed by atoms with E-state index in [2.05, 4.69) is 8.92 Å². The fourth-order valence-electron chi connectivity index (χ4n) is 1.54. The van der Waals surface area contributed by atoms with E-state index in [4.69, 9.17) is 9.11 Å². The number of ether oxygens (including phenoxy) is 1. The Balaban J connectivity index is 2.76. The quantitative estimate of drug-likeness (QED) is 0.267. The summed E-state index contributed by atoms with van der Waals surface area (Å²) in [5, 5.41) is 28.6. The summed E-state index contributed by atoms with van der Waals surface area (Å²) in [5.74, 6) is 0. The predicted molar refractivity (Wildman–Crippen MR) is 58.9 cm³/mol. The van der Waals surface area contributed by atoms with Crippen molar-refractivity contribution in [3.05, 3.63) is 0 Å². The summed E-state index contributed by atoms with van der Waals surface area (Å²) in [6.07, 6.45) is -7.37. The number of rotatable bonds is 5. The second kappa shape index (κ2) is 6.14. The predicted octanol–water partition coefficient (Wildman–Crippen LogP) is -3.99. The standard InChI is InChI=1S/C6H13NO11S2/c8-4-2(1-17-20(14,15)16)18-6(10)3(5(4)9)7-19(11,12)13/h2-10H,1H2,(H,11,12,13)(H,14,15,16)/t2?,3?,4-,5+,6?/m0/s1. The van der Waals surface area contributed by atoms with Crippen molar-refractivity contribution in [2.24, 2.45) is 0 Å². The van der Waals surface area contributed by atoms with Gasteiger partial charge in [-0.25, -0.2) is 4.18 Å². The Morgan fingerprint density at radius 3 is 2.05 bits per heavy atom. The van der Waals surface area contributed by atoms with E-state index in [-0.39, 0.29) is 0 Å². The van der Waals surface area contributed by atoms with Gasteiger partial charge in [0.15, 0.2) is 6.29 Å². The van der Waals surface area contributed by atoms with E-state index in [0.717, 1.165) is 0 Å². The van der Waals surface area contributed by atoms with Crippen LogP contribution in [0.4, 0.5) is 0 Å². The van der Waals surface area contributed by atoms with Gasteiger partial charge in [-0.2, -0.15) is 21.6 Å². The molecule has 14 heteroatoms. The van der Waals surface area contributed by atoms with Crippen LogP contribution in [0.3, 0.4) is 0 Å². The van der Waals surface area contributed by atoms with E-state index < -0.39 is 58.0 Å². The van der Waals surface area contributed by atoms with Crippen molar-refractivity contribution in [3.63, 3.8) is 0 Å². The van der Waals surface area contributed by atoms with Gasteiger partial charge in [-0.05, 0) is 0 Å². The van der Waals surface area contributed by atoms with Crippen molar-refractivity contribution in [2.75, 3.05) is 6.61 Å².